The second-order valence-electron chi connectivity index (χ2n) is 6.95. The zero-order valence-corrected chi connectivity index (χ0v) is 19.6. The number of anilines is 3. The topological polar surface area (TPSA) is 127 Å². The molecule has 0 aliphatic rings. The number of sulfonamides is 1. The van der Waals surface area contributed by atoms with Crippen LogP contribution in [-0.2, 0) is 10.0 Å². The number of ether oxygens (including phenoxy) is 2. The van der Waals surface area contributed by atoms with Crippen LogP contribution >= 0.6 is 0 Å². The van der Waals surface area contributed by atoms with Gasteiger partial charge in [-0.1, -0.05) is 6.07 Å². The molecule has 0 atom stereocenters. The molecule has 0 fully saturated rings. The van der Waals surface area contributed by atoms with E-state index in [2.05, 4.69) is 30.5 Å². The minimum atomic E-state index is -3.77. The van der Waals surface area contributed by atoms with Gasteiger partial charge < -0.3 is 20.1 Å². The van der Waals surface area contributed by atoms with Gasteiger partial charge in [0.2, 0.25) is 10.0 Å². The summed E-state index contributed by atoms with van der Waals surface area (Å²) >= 11 is 0. The molecule has 3 N–H and O–H groups in total. The fourth-order valence-corrected chi connectivity index (χ4v) is 4.01. The molecule has 10 nitrogen and oxygen atoms in total. The molecule has 0 saturated heterocycles. The van der Waals surface area contributed by atoms with E-state index in [0.29, 0.717) is 43.0 Å². The maximum atomic E-state index is 12.7. The van der Waals surface area contributed by atoms with Crippen molar-refractivity contribution in [2.24, 2.45) is 0 Å². The van der Waals surface area contributed by atoms with E-state index in [9.17, 15) is 8.42 Å². The molecule has 2 heterocycles. The van der Waals surface area contributed by atoms with Crippen LogP contribution in [-0.4, -0.2) is 49.9 Å². The molecule has 0 radical (unpaired) electrons. The number of nitrogens with one attached hydrogen (secondary N) is 3. The number of hydrogen-bond donors (Lipinski definition) is 3. The Labute approximate surface area is 193 Å². The third-order valence-electron chi connectivity index (χ3n) is 4.37. The Morgan fingerprint density at radius 3 is 2.27 bits per heavy atom. The van der Waals surface area contributed by atoms with E-state index < -0.39 is 10.0 Å². The van der Waals surface area contributed by atoms with Crippen LogP contribution in [0.1, 0.15) is 19.4 Å². The first-order valence-electron chi connectivity index (χ1n) is 10.6. The average Bonchev–Trinajstić information content (AvgIpc) is 2.80. The van der Waals surface area contributed by atoms with E-state index >= 15 is 0 Å². The number of benzene rings is 1. The normalized spacial score (nSPS) is 11.1. The molecule has 3 aromatic rings. The van der Waals surface area contributed by atoms with Gasteiger partial charge in [-0.05, 0) is 56.7 Å². The van der Waals surface area contributed by atoms with Gasteiger partial charge in [-0.3, -0.25) is 0 Å². The van der Waals surface area contributed by atoms with Gasteiger partial charge in [-0.25, -0.2) is 18.1 Å². The molecule has 1 aromatic carbocycles. The number of pyridine rings is 1. The number of hydrogen-bond acceptors (Lipinski definition) is 9. The second kappa shape index (κ2) is 11.4. The molecule has 33 heavy (non-hydrogen) atoms. The Hall–Kier alpha value is -3.44. The van der Waals surface area contributed by atoms with Gasteiger partial charge in [0.05, 0.1) is 13.2 Å². The zero-order valence-electron chi connectivity index (χ0n) is 18.8. The third kappa shape index (κ3) is 7.02. The SMILES string of the molecule is CCOc1ccc(S(=O)(=O)NCCNc2ccc(Nc3ccc(C)cn3)nn2)c(OCC)c1. The molecule has 0 saturated carbocycles. The Bertz CT molecular complexity index is 1140. The molecule has 11 heteroatoms. The van der Waals surface area contributed by atoms with Gasteiger partial charge in [0.1, 0.15) is 28.0 Å². The van der Waals surface area contributed by atoms with Gasteiger partial charge in [-0.15, -0.1) is 10.2 Å². The van der Waals surface area contributed by atoms with E-state index in [1.807, 2.05) is 26.0 Å². The van der Waals surface area contributed by atoms with Crippen molar-refractivity contribution in [3.63, 3.8) is 0 Å². The van der Waals surface area contributed by atoms with Crippen LogP contribution < -0.4 is 24.8 Å². The maximum Gasteiger partial charge on any atom is 0.244 e. The first-order valence-corrected chi connectivity index (χ1v) is 12.1. The Kier molecular flexibility index (Phi) is 8.39. The van der Waals surface area contributed by atoms with Crippen LogP contribution in [0, 0.1) is 6.92 Å². The summed E-state index contributed by atoms with van der Waals surface area (Å²) in [5.74, 6) is 2.55. The van der Waals surface area contributed by atoms with Gasteiger partial charge >= 0.3 is 0 Å². The fourth-order valence-electron chi connectivity index (χ4n) is 2.86. The number of aromatic nitrogens is 3. The van der Waals surface area contributed by atoms with Crippen molar-refractivity contribution in [1.82, 2.24) is 19.9 Å². The summed E-state index contributed by atoms with van der Waals surface area (Å²) in [6.45, 7) is 6.90. The Morgan fingerprint density at radius 2 is 1.61 bits per heavy atom. The molecule has 2 aromatic heterocycles. The van der Waals surface area contributed by atoms with Crippen molar-refractivity contribution in [2.45, 2.75) is 25.7 Å². The molecule has 3 rings (SSSR count). The lowest BCUT2D eigenvalue weighted by molar-refractivity contribution is 0.317. The second-order valence-corrected chi connectivity index (χ2v) is 8.68. The van der Waals surface area contributed by atoms with Crippen molar-refractivity contribution in [3.8, 4) is 11.5 Å². The van der Waals surface area contributed by atoms with Crippen LogP contribution in [0.5, 0.6) is 11.5 Å². The third-order valence-corrected chi connectivity index (χ3v) is 5.87. The van der Waals surface area contributed by atoms with E-state index in [-0.39, 0.29) is 17.2 Å². The molecule has 0 spiro atoms. The summed E-state index contributed by atoms with van der Waals surface area (Å²) in [6.07, 6.45) is 1.76. The van der Waals surface area contributed by atoms with Crippen molar-refractivity contribution in [2.75, 3.05) is 36.9 Å². The highest BCUT2D eigenvalue weighted by molar-refractivity contribution is 7.89. The summed E-state index contributed by atoms with van der Waals surface area (Å²) < 4.78 is 39.0. The quantitative estimate of drug-likeness (QED) is 0.341. The summed E-state index contributed by atoms with van der Waals surface area (Å²) in [5, 5.41) is 14.3. The van der Waals surface area contributed by atoms with Crippen LogP contribution in [0.25, 0.3) is 0 Å². The van der Waals surface area contributed by atoms with E-state index in [4.69, 9.17) is 9.47 Å². The predicted molar refractivity (Wildman–Crippen MR) is 127 cm³/mol. The van der Waals surface area contributed by atoms with E-state index in [0.717, 1.165) is 5.56 Å². The van der Waals surface area contributed by atoms with Gasteiger partial charge in [0.15, 0.2) is 5.82 Å². The number of rotatable bonds is 12. The molecule has 0 aliphatic carbocycles. The zero-order chi connectivity index (χ0) is 23.7. The van der Waals surface area contributed by atoms with Gasteiger partial charge in [0, 0.05) is 25.4 Å². The van der Waals surface area contributed by atoms with Crippen molar-refractivity contribution < 1.29 is 17.9 Å². The predicted octanol–water partition coefficient (Wildman–Crippen LogP) is 3.11. The monoisotopic (exact) mass is 472 g/mol. The first-order chi connectivity index (χ1) is 15.9. The fraction of sp³-hybridized carbons (Fsp3) is 0.318. The van der Waals surface area contributed by atoms with Crippen LogP contribution in [0.4, 0.5) is 17.5 Å². The lowest BCUT2D eigenvalue weighted by Crippen LogP contribution is -2.29. The van der Waals surface area contributed by atoms with Gasteiger partial charge in [-0.2, -0.15) is 0 Å². The Balaban J connectivity index is 1.53. The van der Waals surface area contributed by atoms with E-state index in [1.54, 1.807) is 37.4 Å². The van der Waals surface area contributed by atoms with Crippen LogP contribution in [0.2, 0.25) is 0 Å². The number of nitrogens with zero attached hydrogens (tertiary/aromatic N) is 3. The lowest BCUT2D eigenvalue weighted by atomic mass is 10.3. The maximum absolute atomic E-state index is 12.7. The number of aryl methyl sites for hydroxylation is 1. The highest BCUT2D eigenvalue weighted by Crippen LogP contribution is 2.28. The molecule has 0 bridgehead atoms. The molecule has 176 valence electrons. The summed E-state index contributed by atoms with van der Waals surface area (Å²) in [4.78, 5) is 4.32. The highest BCUT2D eigenvalue weighted by Gasteiger charge is 2.20. The van der Waals surface area contributed by atoms with E-state index in [1.165, 1.54) is 6.07 Å². The molecule has 0 unspecified atom stereocenters. The molecule has 0 amide bonds. The smallest absolute Gasteiger partial charge is 0.244 e. The van der Waals surface area contributed by atoms with Crippen molar-refractivity contribution >= 4 is 27.5 Å². The summed E-state index contributed by atoms with van der Waals surface area (Å²) in [5.41, 5.74) is 1.07. The summed E-state index contributed by atoms with van der Waals surface area (Å²) in [6, 6.07) is 12.0. The van der Waals surface area contributed by atoms with Crippen molar-refractivity contribution in [1.29, 1.82) is 0 Å². The minimum Gasteiger partial charge on any atom is -0.494 e. The highest BCUT2D eigenvalue weighted by atomic mass is 32.2. The Morgan fingerprint density at radius 1 is 0.879 bits per heavy atom. The average molecular weight is 473 g/mol. The molecular weight excluding hydrogens is 444 g/mol. The van der Waals surface area contributed by atoms with Crippen LogP contribution in [0.15, 0.2) is 53.6 Å². The van der Waals surface area contributed by atoms with Crippen LogP contribution in [0.3, 0.4) is 0 Å². The largest absolute Gasteiger partial charge is 0.494 e. The standard InChI is InChI=1S/C22H28N6O4S/c1-4-31-17-7-8-19(18(14-17)32-5-2)33(29,30)25-13-12-23-21-10-11-22(28-27-21)26-20-9-6-16(3)15-24-20/h6-11,14-15,25H,4-5,12-13H2,1-3H3,(H,23,27)(H,24,26,28). The van der Waals surface area contributed by atoms with Gasteiger partial charge in [0.25, 0.3) is 0 Å². The van der Waals surface area contributed by atoms with Crippen molar-refractivity contribution in [3.05, 3.63) is 54.2 Å². The minimum absolute atomic E-state index is 0.0627. The first kappa shape index (κ1) is 24.2. The summed E-state index contributed by atoms with van der Waals surface area (Å²) in [7, 11) is -3.77. The lowest BCUT2D eigenvalue weighted by Gasteiger charge is -2.14. The molecular formula is C22H28N6O4S. The molecule has 0 aliphatic heterocycles.